The molecular weight excluding hydrogens is 383 g/mol. The third-order valence-electron chi connectivity index (χ3n) is 4.04. The van der Waals surface area contributed by atoms with E-state index in [9.17, 15) is 22.8 Å². The summed E-state index contributed by atoms with van der Waals surface area (Å²) in [5.74, 6) is -0.650. The number of alkyl halides is 3. The highest BCUT2D eigenvalue weighted by molar-refractivity contribution is 6.05. The molecule has 0 aliphatic carbocycles. The van der Waals surface area contributed by atoms with E-state index in [1.807, 2.05) is 0 Å². The second kappa shape index (κ2) is 8.14. The number of nitrogens with one attached hydrogen (secondary N) is 2. The van der Waals surface area contributed by atoms with E-state index in [-0.39, 0.29) is 22.7 Å². The molecule has 0 radical (unpaired) electrons. The van der Waals surface area contributed by atoms with Crippen LogP contribution in [-0.2, 0) is 6.18 Å². The quantitative estimate of drug-likeness (QED) is 0.571. The Balaban J connectivity index is 1.81. The highest BCUT2D eigenvalue weighted by atomic mass is 19.4. The smallest absolute Gasteiger partial charge is 0.354 e. The van der Waals surface area contributed by atoms with E-state index in [1.165, 1.54) is 49.6 Å². The van der Waals surface area contributed by atoms with Gasteiger partial charge in [-0.25, -0.2) is 0 Å². The molecule has 8 heteroatoms. The molecular formula is C21H16F3N3O2. The van der Waals surface area contributed by atoms with Gasteiger partial charge in [0.15, 0.2) is 5.78 Å². The molecule has 1 heterocycles. The number of amides is 1. The number of halogens is 3. The van der Waals surface area contributed by atoms with Crippen molar-refractivity contribution in [2.75, 3.05) is 10.6 Å². The van der Waals surface area contributed by atoms with E-state index in [0.717, 1.165) is 6.07 Å². The molecule has 5 nitrogen and oxygen atoms in total. The number of para-hydroxylation sites is 1. The molecule has 0 spiro atoms. The van der Waals surface area contributed by atoms with Crippen LogP contribution in [0.5, 0.6) is 0 Å². The van der Waals surface area contributed by atoms with Gasteiger partial charge in [0, 0.05) is 17.4 Å². The van der Waals surface area contributed by atoms with Gasteiger partial charge < -0.3 is 10.6 Å². The van der Waals surface area contributed by atoms with E-state index >= 15 is 0 Å². The second-order valence-electron chi connectivity index (χ2n) is 6.22. The van der Waals surface area contributed by atoms with Crippen LogP contribution in [0.15, 0.2) is 67.0 Å². The minimum Gasteiger partial charge on any atom is -0.354 e. The first-order chi connectivity index (χ1) is 13.7. The fourth-order valence-electron chi connectivity index (χ4n) is 2.65. The van der Waals surface area contributed by atoms with Crippen molar-refractivity contribution < 1.29 is 22.8 Å². The van der Waals surface area contributed by atoms with Crippen molar-refractivity contribution in [3.05, 3.63) is 83.7 Å². The topological polar surface area (TPSA) is 71.1 Å². The normalized spacial score (nSPS) is 11.0. The summed E-state index contributed by atoms with van der Waals surface area (Å²) in [6.07, 6.45) is -1.90. The number of carbonyl (C=O) groups excluding carboxylic acids is 2. The van der Waals surface area contributed by atoms with Crippen LogP contribution in [0.3, 0.4) is 0 Å². The van der Waals surface area contributed by atoms with E-state index in [1.54, 1.807) is 18.2 Å². The molecule has 3 rings (SSSR count). The van der Waals surface area contributed by atoms with Crippen LogP contribution in [-0.4, -0.2) is 16.7 Å². The first kappa shape index (κ1) is 20.1. The summed E-state index contributed by atoms with van der Waals surface area (Å²) in [5.41, 5.74) is 0.271. The number of anilines is 3. The first-order valence-electron chi connectivity index (χ1n) is 8.55. The number of benzene rings is 2. The fourth-order valence-corrected chi connectivity index (χ4v) is 2.65. The Morgan fingerprint density at radius 1 is 0.897 bits per heavy atom. The van der Waals surface area contributed by atoms with Gasteiger partial charge >= 0.3 is 6.18 Å². The van der Waals surface area contributed by atoms with Crippen molar-refractivity contribution in [1.29, 1.82) is 0 Å². The van der Waals surface area contributed by atoms with E-state index in [0.29, 0.717) is 11.3 Å². The minimum absolute atomic E-state index is 0.141. The number of Topliss-reactive ketones (excluding diaryl/α,β-unsaturated/α-hetero) is 1. The average Bonchev–Trinajstić information content (AvgIpc) is 2.68. The van der Waals surface area contributed by atoms with E-state index in [2.05, 4.69) is 15.6 Å². The first-order valence-corrected chi connectivity index (χ1v) is 8.55. The van der Waals surface area contributed by atoms with Crippen molar-refractivity contribution in [1.82, 2.24) is 4.98 Å². The van der Waals surface area contributed by atoms with Crippen molar-refractivity contribution >= 4 is 28.8 Å². The van der Waals surface area contributed by atoms with Crippen molar-refractivity contribution in [2.24, 2.45) is 0 Å². The predicted molar refractivity (Wildman–Crippen MR) is 103 cm³/mol. The highest BCUT2D eigenvalue weighted by Crippen LogP contribution is 2.35. The van der Waals surface area contributed by atoms with Gasteiger partial charge in [-0.2, -0.15) is 13.2 Å². The van der Waals surface area contributed by atoms with Gasteiger partial charge in [0.2, 0.25) is 0 Å². The van der Waals surface area contributed by atoms with Gasteiger partial charge in [-0.1, -0.05) is 24.3 Å². The van der Waals surface area contributed by atoms with Crippen molar-refractivity contribution in [3.63, 3.8) is 0 Å². The van der Waals surface area contributed by atoms with Gasteiger partial charge in [-0.3, -0.25) is 14.6 Å². The zero-order chi connectivity index (χ0) is 21.0. The SMILES string of the molecule is CC(=O)c1cccc(NC(=O)c2cncc(Nc3ccccc3C(F)(F)F)c2)c1. The Bertz CT molecular complexity index is 1060. The minimum atomic E-state index is -4.52. The molecule has 2 aromatic carbocycles. The Morgan fingerprint density at radius 2 is 1.62 bits per heavy atom. The van der Waals surface area contributed by atoms with Crippen LogP contribution in [0.2, 0.25) is 0 Å². The van der Waals surface area contributed by atoms with Crippen LogP contribution in [0.1, 0.15) is 33.2 Å². The Labute approximate surface area is 164 Å². The number of nitrogens with zero attached hydrogens (tertiary/aromatic N) is 1. The van der Waals surface area contributed by atoms with Crippen LogP contribution in [0.25, 0.3) is 0 Å². The lowest BCUT2D eigenvalue weighted by Crippen LogP contribution is -2.13. The predicted octanol–water partition coefficient (Wildman–Crippen LogP) is 5.30. The Morgan fingerprint density at radius 3 is 2.34 bits per heavy atom. The van der Waals surface area contributed by atoms with Crippen LogP contribution in [0.4, 0.5) is 30.2 Å². The standard InChI is InChI=1S/C21H16F3N3O2/c1-13(28)14-5-4-6-16(9-14)27-20(29)15-10-17(12-25-11-15)26-19-8-3-2-7-18(19)21(22,23)24/h2-12,26H,1H3,(H,27,29). The molecule has 0 aliphatic rings. The van der Waals surface area contributed by atoms with Crippen LogP contribution in [0, 0.1) is 0 Å². The molecule has 0 saturated heterocycles. The number of hydrogen-bond donors (Lipinski definition) is 2. The van der Waals surface area contributed by atoms with Crippen molar-refractivity contribution in [2.45, 2.75) is 13.1 Å². The second-order valence-corrected chi connectivity index (χ2v) is 6.22. The molecule has 2 N–H and O–H groups in total. The zero-order valence-corrected chi connectivity index (χ0v) is 15.2. The lowest BCUT2D eigenvalue weighted by Gasteiger charge is -2.14. The molecule has 29 heavy (non-hydrogen) atoms. The summed E-state index contributed by atoms with van der Waals surface area (Å²) >= 11 is 0. The summed E-state index contributed by atoms with van der Waals surface area (Å²) in [5, 5.41) is 5.30. The number of ketones is 1. The monoisotopic (exact) mass is 399 g/mol. The maximum Gasteiger partial charge on any atom is 0.418 e. The maximum absolute atomic E-state index is 13.1. The largest absolute Gasteiger partial charge is 0.418 e. The van der Waals surface area contributed by atoms with Crippen molar-refractivity contribution in [3.8, 4) is 0 Å². The van der Waals surface area contributed by atoms with E-state index in [4.69, 9.17) is 0 Å². The number of carbonyl (C=O) groups is 2. The molecule has 0 fully saturated rings. The molecule has 0 bridgehead atoms. The molecule has 3 aromatic rings. The maximum atomic E-state index is 13.1. The third-order valence-corrected chi connectivity index (χ3v) is 4.04. The summed E-state index contributed by atoms with van der Waals surface area (Å²) in [6.45, 7) is 1.42. The Kier molecular flexibility index (Phi) is 5.63. The third kappa shape index (κ3) is 4.98. The molecule has 0 saturated carbocycles. The van der Waals surface area contributed by atoms with Gasteiger partial charge in [0.05, 0.1) is 28.7 Å². The molecule has 0 atom stereocenters. The number of pyridine rings is 1. The summed E-state index contributed by atoms with van der Waals surface area (Å²) in [4.78, 5) is 27.9. The molecule has 148 valence electrons. The summed E-state index contributed by atoms with van der Waals surface area (Å²) in [6, 6.07) is 12.9. The average molecular weight is 399 g/mol. The summed E-state index contributed by atoms with van der Waals surface area (Å²) in [7, 11) is 0. The van der Waals surface area contributed by atoms with Crippen LogP contribution >= 0.6 is 0 Å². The van der Waals surface area contributed by atoms with Gasteiger partial charge in [-0.15, -0.1) is 0 Å². The number of rotatable bonds is 5. The number of aromatic nitrogens is 1. The van der Waals surface area contributed by atoms with Gasteiger partial charge in [0.1, 0.15) is 0 Å². The lowest BCUT2D eigenvalue weighted by molar-refractivity contribution is -0.136. The molecule has 1 amide bonds. The van der Waals surface area contributed by atoms with Gasteiger partial charge in [0.25, 0.3) is 5.91 Å². The highest BCUT2D eigenvalue weighted by Gasteiger charge is 2.33. The van der Waals surface area contributed by atoms with Gasteiger partial charge in [-0.05, 0) is 37.3 Å². The molecule has 0 unspecified atom stereocenters. The number of hydrogen-bond acceptors (Lipinski definition) is 4. The van der Waals surface area contributed by atoms with Crippen LogP contribution < -0.4 is 10.6 Å². The Hall–Kier alpha value is -3.68. The fraction of sp³-hybridized carbons (Fsp3) is 0.0952. The molecule has 0 aliphatic heterocycles. The van der Waals surface area contributed by atoms with E-state index < -0.39 is 17.6 Å². The lowest BCUT2D eigenvalue weighted by atomic mass is 10.1. The zero-order valence-electron chi connectivity index (χ0n) is 15.2. The summed E-state index contributed by atoms with van der Waals surface area (Å²) < 4.78 is 39.4. The molecule has 1 aromatic heterocycles.